The predicted octanol–water partition coefficient (Wildman–Crippen LogP) is 5.78. The molecule has 0 aromatic heterocycles. The van der Waals surface area contributed by atoms with E-state index in [-0.39, 0.29) is 0 Å². The fourth-order valence-electron chi connectivity index (χ4n) is 1.46. The van der Waals surface area contributed by atoms with Gasteiger partial charge in [-0.05, 0) is 31.9 Å². The van der Waals surface area contributed by atoms with Crippen molar-refractivity contribution in [3.05, 3.63) is 29.3 Å². The molecule has 2 atom stereocenters. The molecule has 0 radical (unpaired) electrons. The molecule has 0 aliphatic rings. The highest BCUT2D eigenvalue weighted by atomic mass is 35.6. The predicted molar refractivity (Wildman–Crippen MR) is 86.8 cm³/mol. The largest absolute Gasteiger partial charge is 0.531 e. The lowest BCUT2D eigenvalue weighted by Crippen LogP contribution is -2.16. The Kier molecular flexibility index (Phi) is 7.14. The zero-order valence-corrected chi connectivity index (χ0v) is 15.5. The van der Waals surface area contributed by atoms with Crippen LogP contribution in [0.25, 0.3) is 0 Å². The second-order valence-corrected chi connectivity index (χ2v) is 8.97. The number of para-hydroxylation sites is 1. The summed E-state index contributed by atoms with van der Waals surface area (Å²) >= 11 is 22.5. The van der Waals surface area contributed by atoms with Gasteiger partial charge in [-0.2, -0.15) is 0 Å². The van der Waals surface area contributed by atoms with Crippen LogP contribution in [0, 0.1) is 13.8 Å². The van der Waals surface area contributed by atoms with Crippen LogP contribution in [0.2, 0.25) is 0 Å². The Morgan fingerprint density at radius 1 is 1.24 bits per heavy atom. The Morgan fingerprint density at radius 2 is 1.76 bits per heavy atom. The van der Waals surface area contributed by atoms with Crippen molar-refractivity contribution in [1.29, 1.82) is 0 Å². The van der Waals surface area contributed by atoms with E-state index in [0.717, 1.165) is 11.1 Å². The highest BCUT2D eigenvalue weighted by Crippen LogP contribution is 2.53. The zero-order valence-electron chi connectivity index (χ0n) is 11.6. The van der Waals surface area contributed by atoms with E-state index in [1.54, 1.807) is 26.0 Å². The van der Waals surface area contributed by atoms with Gasteiger partial charge in [-0.25, -0.2) is 4.57 Å². The van der Waals surface area contributed by atoms with Crippen LogP contribution in [0.5, 0.6) is 5.75 Å². The van der Waals surface area contributed by atoms with Crippen molar-refractivity contribution in [2.45, 2.75) is 30.1 Å². The highest BCUT2D eigenvalue weighted by Gasteiger charge is 2.35. The van der Waals surface area contributed by atoms with Crippen molar-refractivity contribution in [2.24, 2.45) is 0 Å². The van der Waals surface area contributed by atoms with Gasteiger partial charge in [0.1, 0.15) is 17.9 Å². The number of phosphoric ester groups is 1. The molecule has 4 nitrogen and oxygen atoms in total. The molecule has 0 bridgehead atoms. The third-order valence-corrected chi connectivity index (χ3v) is 4.24. The zero-order chi connectivity index (χ0) is 16.3. The minimum atomic E-state index is -4.03. The fraction of sp³-hybridized carbons (Fsp3) is 0.500. The van der Waals surface area contributed by atoms with E-state index in [1.807, 2.05) is 6.07 Å². The first-order chi connectivity index (χ1) is 9.52. The van der Waals surface area contributed by atoms with Crippen LogP contribution >= 0.6 is 54.2 Å². The number of benzene rings is 1. The fourth-order valence-corrected chi connectivity index (χ4v) is 3.52. The Hall–Kier alpha value is 0.330. The summed E-state index contributed by atoms with van der Waals surface area (Å²) in [7, 11) is -4.03. The number of hydrogen-bond donors (Lipinski definition) is 0. The number of alkyl halides is 4. The molecular formula is C12H15Cl4O4P. The van der Waals surface area contributed by atoms with Gasteiger partial charge in [0, 0.05) is 0 Å². The summed E-state index contributed by atoms with van der Waals surface area (Å²) in [5.41, 5.74) is 0.618. The Balaban J connectivity index is 3.00. The van der Waals surface area contributed by atoms with Crippen molar-refractivity contribution in [2.75, 3.05) is 6.61 Å². The molecular weight excluding hydrogens is 381 g/mol. The maximum absolute atomic E-state index is 12.6. The van der Waals surface area contributed by atoms with Gasteiger partial charge in [0.15, 0.2) is 0 Å². The van der Waals surface area contributed by atoms with Crippen molar-refractivity contribution < 1.29 is 18.1 Å². The summed E-state index contributed by atoms with van der Waals surface area (Å²) in [6.07, 6.45) is 0. The van der Waals surface area contributed by atoms with E-state index in [9.17, 15) is 4.57 Å². The third-order valence-electron chi connectivity index (χ3n) is 2.27. The maximum Gasteiger partial charge on any atom is 0.531 e. The van der Waals surface area contributed by atoms with Gasteiger partial charge in [0.25, 0.3) is 0 Å². The van der Waals surface area contributed by atoms with Crippen LogP contribution in [-0.4, -0.2) is 16.0 Å². The van der Waals surface area contributed by atoms with E-state index >= 15 is 0 Å². The Morgan fingerprint density at radius 3 is 2.19 bits per heavy atom. The van der Waals surface area contributed by atoms with Crippen molar-refractivity contribution in [3.63, 3.8) is 0 Å². The van der Waals surface area contributed by atoms with Crippen LogP contribution in [0.3, 0.4) is 0 Å². The molecule has 2 unspecified atom stereocenters. The molecule has 21 heavy (non-hydrogen) atoms. The van der Waals surface area contributed by atoms with Crippen molar-refractivity contribution in [1.82, 2.24) is 0 Å². The molecule has 0 saturated carbocycles. The standard InChI is InChI=1S/C12H15Cl4O4P/c1-8-5-4-6-9(2)11(8)20-21(17,19-10(3)13)18-7-12(14,15)16/h4-6,10H,7H2,1-3H3. The van der Waals surface area contributed by atoms with Crippen LogP contribution in [0.1, 0.15) is 18.1 Å². The van der Waals surface area contributed by atoms with Gasteiger partial charge in [-0.3, -0.25) is 9.05 Å². The van der Waals surface area contributed by atoms with Gasteiger partial charge >= 0.3 is 7.82 Å². The lowest BCUT2D eigenvalue weighted by Gasteiger charge is -2.23. The first-order valence-corrected chi connectivity index (χ1v) is 8.95. The van der Waals surface area contributed by atoms with Gasteiger partial charge in [0.05, 0.1) is 0 Å². The number of hydrogen-bond acceptors (Lipinski definition) is 4. The summed E-state index contributed by atoms with van der Waals surface area (Å²) < 4.78 is 26.4. The average molecular weight is 396 g/mol. The van der Waals surface area contributed by atoms with Crippen LogP contribution < -0.4 is 4.52 Å². The molecule has 0 aliphatic heterocycles. The minimum Gasteiger partial charge on any atom is -0.403 e. The molecule has 0 fully saturated rings. The van der Waals surface area contributed by atoms with Crippen LogP contribution in [-0.2, 0) is 13.6 Å². The second-order valence-electron chi connectivity index (χ2n) is 4.30. The van der Waals surface area contributed by atoms with E-state index in [2.05, 4.69) is 0 Å². The number of phosphoric acid groups is 1. The Labute approximate surface area is 144 Å². The highest BCUT2D eigenvalue weighted by molar-refractivity contribution is 7.49. The lowest BCUT2D eigenvalue weighted by atomic mass is 10.1. The summed E-state index contributed by atoms with van der Waals surface area (Å²) in [6, 6.07) is 5.44. The van der Waals surface area contributed by atoms with Crippen molar-refractivity contribution in [3.8, 4) is 5.75 Å². The summed E-state index contributed by atoms with van der Waals surface area (Å²) in [4.78, 5) is 0. The summed E-state index contributed by atoms with van der Waals surface area (Å²) in [6.45, 7) is 4.60. The number of aryl methyl sites for hydroxylation is 2. The van der Waals surface area contributed by atoms with Crippen LogP contribution in [0.15, 0.2) is 18.2 Å². The first kappa shape index (κ1) is 19.4. The van der Waals surface area contributed by atoms with Crippen LogP contribution in [0.4, 0.5) is 0 Å². The van der Waals surface area contributed by atoms with E-state index < -0.39 is 23.8 Å². The monoisotopic (exact) mass is 394 g/mol. The minimum absolute atomic E-state index is 0.377. The summed E-state index contributed by atoms with van der Waals surface area (Å²) in [5, 5.41) is 0. The molecule has 1 rings (SSSR count). The molecule has 0 spiro atoms. The van der Waals surface area contributed by atoms with Gasteiger partial charge in [-0.15, -0.1) is 0 Å². The smallest absolute Gasteiger partial charge is 0.403 e. The molecule has 9 heteroatoms. The normalized spacial score (nSPS) is 16.3. The second kappa shape index (κ2) is 7.74. The topological polar surface area (TPSA) is 44.8 Å². The van der Waals surface area contributed by atoms with Gasteiger partial charge in [-0.1, -0.05) is 64.6 Å². The summed E-state index contributed by atoms with van der Waals surface area (Å²) in [5.74, 6) is 0.377. The van der Waals surface area contributed by atoms with E-state index in [0.29, 0.717) is 5.75 Å². The lowest BCUT2D eigenvalue weighted by molar-refractivity contribution is 0.150. The van der Waals surface area contributed by atoms with E-state index in [1.165, 1.54) is 6.92 Å². The molecule has 0 saturated heterocycles. The average Bonchev–Trinajstić information content (AvgIpc) is 2.30. The molecule has 0 heterocycles. The third kappa shape index (κ3) is 6.96. The van der Waals surface area contributed by atoms with Crippen molar-refractivity contribution >= 4 is 54.2 Å². The van der Waals surface area contributed by atoms with Gasteiger partial charge in [0.2, 0.25) is 3.79 Å². The Bertz CT molecular complexity index is 510. The SMILES string of the molecule is Cc1cccc(C)c1OP(=O)(OCC(Cl)(Cl)Cl)OC(C)Cl. The molecule has 0 N–H and O–H groups in total. The molecule has 1 aromatic carbocycles. The molecule has 1 aromatic rings. The number of rotatable bonds is 6. The van der Waals surface area contributed by atoms with Gasteiger partial charge < -0.3 is 4.52 Å². The first-order valence-electron chi connectivity index (χ1n) is 5.92. The van der Waals surface area contributed by atoms with E-state index in [4.69, 9.17) is 60.0 Å². The quantitative estimate of drug-likeness (QED) is 0.452. The number of halogens is 4. The molecule has 0 aliphatic carbocycles. The molecule has 120 valence electrons. The molecule has 0 amide bonds. The maximum atomic E-state index is 12.6.